The van der Waals surface area contributed by atoms with Crippen molar-refractivity contribution in [2.45, 2.75) is 19.4 Å². The lowest BCUT2D eigenvalue weighted by Crippen LogP contribution is -2.47. The highest BCUT2D eigenvalue weighted by atomic mass is 16.5. The van der Waals surface area contributed by atoms with E-state index in [0.717, 1.165) is 13.0 Å². The van der Waals surface area contributed by atoms with Crippen LogP contribution in [0.1, 0.15) is 12.2 Å². The molecule has 2 aliphatic heterocycles. The highest BCUT2D eigenvalue weighted by molar-refractivity contribution is 5.74. The van der Waals surface area contributed by atoms with Crippen molar-refractivity contribution < 1.29 is 14.3 Å². The molecule has 114 valence electrons. The quantitative estimate of drug-likeness (QED) is 0.802. The van der Waals surface area contributed by atoms with E-state index in [2.05, 4.69) is 9.97 Å². The van der Waals surface area contributed by atoms with Crippen LogP contribution in [-0.2, 0) is 4.74 Å². The summed E-state index contributed by atoms with van der Waals surface area (Å²) in [5, 5.41) is 0. The van der Waals surface area contributed by atoms with Gasteiger partial charge >= 0.3 is 6.03 Å². The molecule has 1 unspecified atom stereocenters. The highest BCUT2D eigenvalue weighted by Gasteiger charge is 2.31. The van der Waals surface area contributed by atoms with E-state index in [1.165, 1.54) is 0 Å². The maximum absolute atomic E-state index is 12.4. The lowest BCUT2D eigenvalue weighted by atomic mass is 10.3. The van der Waals surface area contributed by atoms with Crippen molar-refractivity contribution in [2.75, 3.05) is 39.4 Å². The Morgan fingerprint density at radius 3 is 2.90 bits per heavy atom. The zero-order chi connectivity index (χ0) is 14.7. The fourth-order valence-corrected chi connectivity index (χ4v) is 2.62. The SMILES string of the molecule is Cc1nccc(OC2CCN(C(=O)N3CCOCC3)C2)n1. The first-order valence-electron chi connectivity index (χ1n) is 7.30. The van der Waals surface area contributed by atoms with Gasteiger partial charge in [-0.15, -0.1) is 0 Å². The van der Waals surface area contributed by atoms with Gasteiger partial charge < -0.3 is 19.3 Å². The van der Waals surface area contributed by atoms with Gasteiger partial charge in [0, 0.05) is 38.3 Å². The van der Waals surface area contributed by atoms with Gasteiger partial charge in [-0.05, 0) is 6.92 Å². The highest BCUT2D eigenvalue weighted by Crippen LogP contribution is 2.18. The fourth-order valence-electron chi connectivity index (χ4n) is 2.62. The van der Waals surface area contributed by atoms with E-state index in [1.807, 2.05) is 16.7 Å². The number of carbonyl (C=O) groups excluding carboxylic acids is 1. The maximum Gasteiger partial charge on any atom is 0.320 e. The van der Waals surface area contributed by atoms with E-state index in [9.17, 15) is 4.79 Å². The molecule has 1 aromatic rings. The molecule has 3 rings (SSSR count). The number of urea groups is 1. The van der Waals surface area contributed by atoms with E-state index >= 15 is 0 Å². The van der Waals surface area contributed by atoms with Gasteiger partial charge in [-0.1, -0.05) is 0 Å². The molecule has 2 saturated heterocycles. The average Bonchev–Trinajstić information content (AvgIpc) is 2.96. The van der Waals surface area contributed by atoms with Gasteiger partial charge in [0.05, 0.1) is 19.8 Å². The Morgan fingerprint density at radius 2 is 2.14 bits per heavy atom. The minimum Gasteiger partial charge on any atom is -0.472 e. The van der Waals surface area contributed by atoms with Gasteiger partial charge in [-0.25, -0.2) is 9.78 Å². The summed E-state index contributed by atoms with van der Waals surface area (Å²) in [7, 11) is 0. The van der Waals surface area contributed by atoms with Crippen molar-refractivity contribution in [3.63, 3.8) is 0 Å². The number of morpholine rings is 1. The summed E-state index contributed by atoms with van der Waals surface area (Å²) < 4.78 is 11.1. The molecule has 21 heavy (non-hydrogen) atoms. The lowest BCUT2D eigenvalue weighted by molar-refractivity contribution is 0.0443. The number of aromatic nitrogens is 2. The van der Waals surface area contributed by atoms with Gasteiger partial charge in [0.1, 0.15) is 11.9 Å². The van der Waals surface area contributed by atoms with Crippen molar-refractivity contribution in [2.24, 2.45) is 0 Å². The molecular formula is C14H20N4O3. The van der Waals surface area contributed by atoms with Gasteiger partial charge in [0.25, 0.3) is 0 Å². The Labute approximate surface area is 123 Å². The minimum atomic E-state index is 0.00397. The summed E-state index contributed by atoms with van der Waals surface area (Å²) in [5.41, 5.74) is 0. The number of carbonyl (C=O) groups is 1. The Bertz CT molecular complexity index is 505. The zero-order valence-corrected chi connectivity index (χ0v) is 12.2. The maximum atomic E-state index is 12.4. The Morgan fingerprint density at radius 1 is 1.33 bits per heavy atom. The largest absolute Gasteiger partial charge is 0.472 e. The standard InChI is InChI=1S/C14H20N4O3/c1-11-15-4-2-13(16-11)21-12-3-5-18(10-12)14(19)17-6-8-20-9-7-17/h2,4,12H,3,5-10H2,1H3. The van der Waals surface area contributed by atoms with Crippen LogP contribution in [0.15, 0.2) is 12.3 Å². The van der Waals surface area contributed by atoms with Crippen molar-refractivity contribution in [1.29, 1.82) is 0 Å². The summed E-state index contributed by atoms with van der Waals surface area (Å²) in [4.78, 5) is 24.3. The molecule has 2 amide bonds. The molecule has 0 N–H and O–H groups in total. The predicted octanol–water partition coefficient (Wildman–Crippen LogP) is 0.690. The van der Waals surface area contributed by atoms with E-state index in [0.29, 0.717) is 44.6 Å². The van der Waals surface area contributed by atoms with Crippen LogP contribution < -0.4 is 4.74 Å². The third-order valence-electron chi connectivity index (χ3n) is 3.74. The van der Waals surface area contributed by atoms with E-state index in [-0.39, 0.29) is 12.1 Å². The monoisotopic (exact) mass is 292 g/mol. The van der Waals surface area contributed by atoms with Gasteiger partial charge in [0.2, 0.25) is 5.88 Å². The molecule has 0 saturated carbocycles. The van der Waals surface area contributed by atoms with Crippen LogP contribution in [0.3, 0.4) is 0 Å². The normalized spacial score (nSPS) is 22.4. The van der Waals surface area contributed by atoms with E-state index in [4.69, 9.17) is 9.47 Å². The number of nitrogens with zero attached hydrogens (tertiary/aromatic N) is 4. The number of hydrogen-bond acceptors (Lipinski definition) is 5. The molecule has 7 heteroatoms. The van der Waals surface area contributed by atoms with Gasteiger partial charge in [-0.3, -0.25) is 0 Å². The molecule has 0 bridgehead atoms. The predicted molar refractivity (Wildman–Crippen MR) is 75.2 cm³/mol. The molecular weight excluding hydrogens is 272 g/mol. The molecule has 0 aliphatic carbocycles. The summed E-state index contributed by atoms with van der Waals surface area (Å²) in [6.45, 7) is 5.76. The average molecular weight is 292 g/mol. The van der Waals surface area contributed by atoms with Crippen LogP contribution in [0.25, 0.3) is 0 Å². The summed E-state index contributed by atoms with van der Waals surface area (Å²) in [6.07, 6.45) is 2.52. The Balaban J connectivity index is 1.54. The van der Waals surface area contributed by atoms with Crippen molar-refractivity contribution in [1.82, 2.24) is 19.8 Å². The fraction of sp³-hybridized carbons (Fsp3) is 0.643. The Kier molecular flexibility index (Phi) is 4.19. The van der Waals surface area contributed by atoms with Crippen LogP contribution >= 0.6 is 0 Å². The molecule has 2 fully saturated rings. The van der Waals surface area contributed by atoms with E-state index in [1.54, 1.807) is 12.3 Å². The van der Waals surface area contributed by atoms with Crippen molar-refractivity contribution >= 4 is 6.03 Å². The Hall–Kier alpha value is -1.89. The number of likely N-dealkylation sites (tertiary alicyclic amines) is 1. The van der Waals surface area contributed by atoms with Crippen molar-refractivity contribution in [3.8, 4) is 5.88 Å². The molecule has 3 heterocycles. The topological polar surface area (TPSA) is 67.8 Å². The van der Waals surface area contributed by atoms with Crippen LogP contribution in [0.2, 0.25) is 0 Å². The minimum absolute atomic E-state index is 0.00397. The van der Waals surface area contributed by atoms with Gasteiger partial charge in [0.15, 0.2) is 0 Å². The number of rotatable bonds is 2. The van der Waals surface area contributed by atoms with Crippen LogP contribution in [0, 0.1) is 6.92 Å². The second-order valence-corrected chi connectivity index (χ2v) is 5.30. The number of aryl methyl sites for hydroxylation is 1. The third-order valence-corrected chi connectivity index (χ3v) is 3.74. The zero-order valence-electron chi connectivity index (χ0n) is 12.2. The van der Waals surface area contributed by atoms with E-state index < -0.39 is 0 Å². The first kappa shape index (κ1) is 14.1. The lowest BCUT2D eigenvalue weighted by Gasteiger charge is -2.30. The van der Waals surface area contributed by atoms with Gasteiger partial charge in [-0.2, -0.15) is 4.98 Å². The number of ether oxygens (including phenoxy) is 2. The third kappa shape index (κ3) is 3.41. The first-order valence-corrected chi connectivity index (χ1v) is 7.30. The smallest absolute Gasteiger partial charge is 0.320 e. The molecule has 7 nitrogen and oxygen atoms in total. The number of hydrogen-bond donors (Lipinski definition) is 0. The van der Waals surface area contributed by atoms with Crippen LogP contribution in [-0.4, -0.2) is 71.3 Å². The molecule has 0 radical (unpaired) electrons. The molecule has 1 aromatic heterocycles. The second-order valence-electron chi connectivity index (χ2n) is 5.30. The van der Waals surface area contributed by atoms with Crippen LogP contribution in [0.4, 0.5) is 4.79 Å². The molecule has 0 aromatic carbocycles. The summed E-state index contributed by atoms with van der Waals surface area (Å²) >= 11 is 0. The molecule has 2 aliphatic rings. The summed E-state index contributed by atoms with van der Waals surface area (Å²) in [6, 6.07) is 1.84. The van der Waals surface area contributed by atoms with Crippen LogP contribution in [0.5, 0.6) is 5.88 Å². The first-order chi connectivity index (χ1) is 10.2. The summed E-state index contributed by atoms with van der Waals surface area (Å²) in [5.74, 6) is 1.26. The molecule has 1 atom stereocenters. The van der Waals surface area contributed by atoms with Crippen molar-refractivity contribution in [3.05, 3.63) is 18.1 Å². The second kappa shape index (κ2) is 6.26. The molecule has 0 spiro atoms. The number of amides is 2.